The van der Waals surface area contributed by atoms with E-state index in [4.69, 9.17) is 0 Å². The van der Waals surface area contributed by atoms with Crippen LogP contribution in [0.25, 0.3) is 21.3 Å². The number of fused-ring (bicyclic) bond motifs is 1. The predicted octanol–water partition coefficient (Wildman–Crippen LogP) is 4.43. The monoisotopic (exact) mass is 454 g/mol. The standard InChI is InChI=1S/C23H26N4O2S2/c1-13(2)23(5,12-24)26-18(28)11-31-22-25-20-19(21(29)27(22)6)17(10-30-20)16-8-7-14(3)15(4)9-16/h7-10,13H,11H2,1-6H3,(H,26,28). The molecule has 0 fully saturated rings. The lowest BCUT2D eigenvalue weighted by atomic mass is 9.90. The second kappa shape index (κ2) is 8.85. The Balaban J connectivity index is 1.88. The molecule has 31 heavy (non-hydrogen) atoms. The van der Waals surface area contributed by atoms with Crippen LogP contribution in [0.2, 0.25) is 0 Å². The van der Waals surface area contributed by atoms with Gasteiger partial charge in [0.05, 0.1) is 17.2 Å². The van der Waals surface area contributed by atoms with Crippen LogP contribution in [-0.2, 0) is 11.8 Å². The van der Waals surface area contributed by atoms with Crippen molar-refractivity contribution in [3.05, 3.63) is 45.1 Å². The maximum Gasteiger partial charge on any atom is 0.263 e. The first-order valence-corrected chi connectivity index (χ1v) is 11.8. The minimum atomic E-state index is -0.935. The lowest BCUT2D eigenvalue weighted by molar-refractivity contribution is -0.120. The highest BCUT2D eigenvalue weighted by molar-refractivity contribution is 7.99. The summed E-state index contributed by atoms with van der Waals surface area (Å²) in [4.78, 5) is 30.8. The maximum absolute atomic E-state index is 13.1. The van der Waals surface area contributed by atoms with Gasteiger partial charge in [-0.05, 0) is 43.4 Å². The van der Waals surface area contributed by atoms with Crippen molar-refractivity contribution in [2.75, 3.05) is 5.75 Å². The number of rotatable bonds is 6. The highest BCUT2D eigenvalue weighted by atomic mass is 32.2. The van der Waals surface area contributed by atoms with E-state index >= 15 is 0 Å². The molecule has 6 nitrogen and oxygen atoms in total. The summed E-state index contributed by atoms with van der Waals surface area (Å²) in [5, 5.41) is 15.2. The first kappa shape index (κ1) is 23.0. The van der Waals surface area contributed by atoms with Gasteiger partial charge in [0.15, 0.2) is 5.16 Å². The molecule has 3 rings (SSSR count). The second-order valence-corrected chi connectivity index (χ2v) is 9.99. The third-order valence-corrected chi connectivity index (χ3v) is 7.61. The van der Waals surface area contributed by atoms with Gasteiger partial charge in [-0.3, -0.25) is 14.2 Å². The number of aromatic nitrogens is 2. The first-order valence-electron chi connectivity index (χ1n) is 9.98. The van der Waals surface area contributed by atoms with E-state index in [1.807, 2.05) is 25.3 Å². The number of hydrogen-bond acceptors (Lipinski definition) is 6. The number of carbonyl (C=O) groups is 1. The lowest BCUT2D eigenvalue weighted by Crippen LogP contribution is -2.49. The summed E-state index contributed by atoms with van der Waals surface area (Å²) >= 11 is 2.62. The predicted molar refractivity (Wildman–Crippen MR) is 127 cm³/mol. The molecular weight excluding hydrogens is 428 g/mol. The zero-order valence-electron chi connectivity index (χ0n) is 18.6. The highest BCUT2D eigenvalue weighted by Gasteiger charge is 2.30. The summed E-state index contributed by atoms with van der Waals surface area (Å²) in [6.07, 6.45) is 0. The summed E-state index contributed by atoms with van der Waals surface area (Å²) in [6.45, 7) is 9.60. The number of thioether (sulfide) groups is 1. The molecule has 0 aliphatic carbocycles. The van der Waals surface area contributed by atoms with Gasteiger partial charge in [-0.1, -0.05) is 43.8 Å². The largest absolute Gasteiger partial charge is 0.337 e. The average Bonchev–Trinajstić information content (AvgIpc) is 3.15. The smallest absolute Gasteiger partial charge is 0.263 e. The van der Waals surface area contributed by atoms with E-state index < -0.39 is 5.54 Å². The van der Waals surface area contributed by atoms with Gasteiger partial charge in [0.1, 0.15) is 10.4 Å². The van der Waals surface area contributed by atoms with Crippen molar-refractivity contribution in [3.8, 4) is 17.2 Å². The summed E-state index contributed by atoms with van der Waals surface area (Å²) < 4.78 is 1.49. The van der Waals surface area contributed by atoms with Crippen molar-refractivity contribution in [2.45, 2.75) is 45.3 Å². The van der Waals surface area contributed by atoms with Crippen molar-refractivity contribution in [1.82, 2.24) is 14.9 Å². The van der Waals surface area contributed by atoms with E-state index in [1.54, 1.807) is 14.0 Å². The van der Waals surface area contributed by atoms with Gasteiger partial charge < -0.3 is 5.32 Å². The van der Waals surface area contributed by atoms with Crippen molar-refractivity contribution in [3.63, 3.8) is 0 Å². The minimum absolute atomic E-state index is 0.0276. The Labute approximate surface area is 190 Å². The Bertz CT molecular complexity index is 1250. The second-order valence-electron chi connectivity index (χ2n) is 8.19. The third kappa shape index (κ3) is 4.53. The molecule has 0 spiro atoms. The van der Waals surface area contributed by atoms with Gasteiger partial charge in [-0.15, -0.1) is 11.3 Å². The molecule has 3 aromatic rings. The fourth-order valence-electron chi connectivity index (χ4n) is 3.06. The Morgan fingerprint density at radius 3 is 2.68 bits per heavy atom. The molecule has 1 N–H and O–H groups in total. The van der Waals surface area contributed by atoms with E-state index in [1.165, 1.54) is 38.8 Å². The molecule has 162 valence electrons. The molecule has 0 radical (unpaired) electrons. The molecule has 0 aliphatic rings. The number of hydrogen-bond donors (Lipinski definition) is 1. The van der Waals surface area contributed by atoms with E-state index in [9.17, 15) is 14.9 Å². The lowest BCUT2D eigenvalue weighted by Gasteiger charge is -2.27. The van der Waals surface area contributed by atoms with Crippen LogP contribution in [-0.4, -0.2) is 26.8 Å². The summed E-state index contributed by atoms with van der Waals surface area (Å²) in [6, 6.07) is 8.34. The highest BCUT2D eigenvalue weighted by Crippen LogP contribution is 2.33. The van der Waals surface area contributed by atoms with Gasteiger partial charge in [0.25, 0.3) is 5.56 Å². The number of nitrogens with one attached hydrogen (secondary N) is 1. The molecule has 1 atom stereocenters. The van der Waals surface area contributed by atoms with Gasteiger partial charge in [0.2, 0.25) is 5.91 Å². The molecule has 1 unspecified atom stereocenters. The molecule has 0 bridgehead atoms. The van der Waals surface area contributed by atoms with Crippen molar-refractivity contribution in [1.29, 1.82) is 5.26 Å². The number of thiophene rings is 1. The molecule has 1 amide bonds. The maximum atomic E-state index is 13.1. The number of nitriles is 1. The van der Waals surface area contributed by atoms with Gasteiger partial charge in [-0.2, -0.15) is 5.26 Å². The van der Waals surface area contributed by atoms with Gasteiger partial charge in [0, 0.05) is 18.0 Å². The van der Waals surface area contributed by atoms with E-state index in [-0.39, 0.29) is 23.1 Å². The van der Waals surface area contributed by atoms with Crippen LogP contribution in [0.15, 0.2) is 33.5 Å². The minimum Gasteiger partial charge on any atom is -0.337 e. The molecule has 2 heterocycles. The van der Waals surface area contributed by atoms with Crippen molar-refractivity contribution < 1.29 is 4.79 Å². The molecule has 2 aromatic heterocycles. The molecule has 0 saturated heterocycles. The number of aryl methyl sites for hydroxylation is 2. The summed E-state index contributed by atoms with van der Waals surface area (Å²) in [7, 11) is 1.67. The van der Waals surface area contributed by atoms with Crippen LogP contribution in [0.4, 0.5) is 0 Å². The molecule has 8 heteroatoms. The van der Waals surface area contributed by atoms with Crippen LogP contribution in [0, 0.1) is 31.1 Å². The van der Waals surface area contributed by atoms with Crippen molar-refractivity contribution >= 4 is 39.2 Å². The fraction of sp³-hybridized carbons (Fsp3) is 0.391. The Morgan fingerprint density at radius 1 is 1.35 bits per heavy atom. The third-order valence-electron chi connectivity index (χ3n) is 5.71. The molecule has 0 aliphatic heterocycles. The first-order chi connectivity index (χ1) is 14.6. The quantitative estimate of drug-likeness (QED) is 0.440. The number of nitrogens with zero attached hydrogens (tertiary/aromatic N) is 3. The number of benzene rings is 1. The number of amides is 1. The van der Waals surface area contributed by atoms with Crippen LogP contribution in [0.1, 0.15) is 31.9 Å². The van der Waals surface area contributed by atoms with E-state index in [0.717, 1.165) is 11.1 Å². The SMILES string of the molecule is Cc1ccc(-c2csc3nc(SCC(=O)NC(C)(C#N)C(C)C)n(C)c(=O)c23)cc1C. The molecular formula is C23H26N4O2S2. The van der Waals surface area contributed by atoms with Crippen LogP contribution in [0.3, 0.4) is 0 Å². The van der Waals surface area contributed by atoms with Crippen LogP contribution >= 0.6 is 23.1 Å². The zero-order valence-corrected chi connectivity index (χ0v) is 20.2. The van der Waals surface area contributed by atoms with Crippen molar-refractivity contribution in [2.24, 2.45) is 13.0 Å². The number of carbonyl (C=O) groups excluding carboxylic acids is 1. The Hall–Kier alpha value is -2.63. The Morgan fingerprint density at radius 2 is 2.06 bits per heavy atom. The Kier molecular flexibility index (Phi) is 6.58. The summed E-state index contributed by atoms with van der Waals surface area (Å²) in [5.74, 6) is -0.218. The van der Waals surface area contributed by atoms with E-state index in [0.29, 0.717) is 15.4 Å². The summed E-state index contributed by atoms with van der Waals surface area (Å²) in [5.41, 5.74) is 3.19. The molecule has 1 aromatic carbocycles. The van der Waals surface area contributed by atoms with E-state index in [2.05, 4.69) is 42.4 Å². The van der Waals surface area contributed by atoms with Crippen LogP contribution < -0.4 is 10.9 Å². The zero-order chi connectivity index (χ0) is 22.9. The van der Waals surface area contributed by atoms with Gasteiger partial charge >= 0.3 is 0 Å². The molecule has 0 saturated carbocycles. The topological polar surface area (TPSA) is 87.8 Å². The van der Waals surface area contributed by atoms with Crippen LogP contribution in [0.5, 0.6) is 0 Å². The van der Waals surface area contributed by atoms with Gasteiger partial charge in [-0.25, -0.2) is 4.98 Å². The normalized spacial score (nSPS) is 13.2. The average molecular weight is 455 g/mol. The fourth-order valence-corrected chi connectivity index (χ4v) is 4.82.